The van der Waals surface area contributed by atoms with Crippen LogP contribution in [0.5, 0.6) is 0 Å². The summed E-state index contributed by atoms with van der Waals surface area (Å²) in [7, 11) is 0. The third-order valence-electron chi connectivity index (χ3n) is 2.40. The standard InChI is InChI=1S/C12H12N2/c1-9-8-13-14-12(10(9)2)11-6-4-3-5-7-11/h3-8H,1-2H3. The van der Waals surface area contributed by atoms with Crippen molar-refractivity contribution in [1.29, 1.82) is 0 Å². The quantitative estimate of drug-likeness (QED) is 0.681. The first kappa shape index (κ1) is 8.88. The summed E-state index contributed by atoms with van der Waals surface area (Å²) in [5, 5.41) is 8.13. The van der Waals surface area contributed by atoms with E-state index in [1.807, 2.05) is 18.2 Å². The van der Waals surface area contributed by atoms with Crippen molar-refractivity contribution in [3.63, 3.8) is 0 Å². The Morgan fingerprint density at radius 2 is 1.71 bits per heavy atom. The predicted molar refractivity (Wildman–Crippen MR) is 56.9 cm³/mol. The molecule has 1 aromatic carbocycles. The molecule has 0 unspecified atom stereocenters. The van der Waals surface area contributed by atoms with Gasteiger partial charge in [0.2, 0.25) is 0 Å². The first-order valence-corrected chi connectivity index (χ1v) is 4.63. The van der Waals surface area contributed by atoms with Crippen LogP contribution >= 0.6 is 0 Å². The second-order valence-electron chi connectivity index (χ2n) is 3.37. The van der Waals surface area contributed by atoms with E-state index in [1.54, 1.807) is 6.20 Å². The summed E-state index contributed by atoms with van der Waals surface area (Å²) in [6.07, 6.45) is 1.79. The van der Waals surface area contributed by atoms with E-state index in [4.69, 9.17) is 0 Å². The maximum atomic E-state index is 4.16. The van der Waals surface area contributed by atoms with Gasteiger partial charge >= 0.3 is 0 Å². The van der Waals surface area contributed by atoms with Crippen molar-refractivity contribution in [2.75, 3.05) is 0 Å². The lowest BCUT2D eigenvalue weighted by molar-refractivity contribution is 1.00. The van der Waals surface area contributed by atoms with E-state index < -0.39 is 0 Å². The topological polar surface area (TPSA) is 25.8 Å². The summed E-state index contributed by atoms with van der Waals surface area (Å²) in [6, 6.07) is 10.1. The minimum absolute atomic E-state index is 0.977. The van der Waals surface area contributed by atoms with Gasteiger partial charge in [0.05, 0.1) is 11.9 Å². The van der Waals surface area contributed by atoms with E-state index in [-0.39, 0.29) is 0 Å². The summed E-state index contributed by atoms with van der Waals surface area (Å²) >= 11 is 0. The van der Waals surface area contributed by atoms with Gasteiger partial charge in [-0.05, 0) is 25.0 Å². The third-order valence-corrected chi connectivity index (χ3v) is 2.40. The predicted octanol–water partition coefficient (Wildman–Crippen LogP) is 2.76. The number of aryl methyl sites for hydroxylation is 1. The van der Waals surface area contributed by atoms with Crippen molar-refractivity contribution < 1.29 is 0 Å². The Morgan fingerprint density at radius 1 is 1.00 bits per heavy atom. The van der Waals surface area contributed by atoms with Crippen LogP contribution in [0.4, 0.5) is 0 Å². The molecule has 2 nitrogen and oxygen atoms in total. The number of rotatable bonds is 1. The molecule has 0 saturated heterocycles. The van der Waals surface area contributed by atoms with Gasteiger partial charge in [-0.25, -0.2) is 0 Å². The first-order valence-electron chi connectivity index (χ1n) is 4.63. The Hall–Kier alpha value is -1.70. The number of hydrogen-bond donors (Lipinski definition) is 0. The minimum Gasteiger partial charge on any atom is -0.158 e. The summed E-state index contributed by atoms with van der Waals surface area (Å²) in [6.45, 7) is 4.13. The zero-order chi connectivity index (χ0) is 9.97. The van der Waals surface area contributed by atoms with Crippen LogP contribution in [-0.2, 0) is 0 Å². The first-order chi connectivity index (χ1) is 6.79. The van der Waals surface area contributed by atoms with E-state index in [9.17, 15) is 0 Å². The molecule has 14 heavy (non-hydrogen) atoms. The fourth-order valence-corrected chi connectivity index (χ4v) is 1.40. The highest BCUT2D eigenvalue weighted by Gasteiger charge is 2.04. The van der Waals surface area contributed by atoms with Gasteiger partial charge in [-0.1, -0.05) is 30.3 Å². The molecule has 0 saturated carbocycles. The van der Waals surface area contributed by atoms with Gasteiger partial charge < -0.3 is 0 Å². The van der Waals surface area contributed by atoms with E-state index in [1.165, 1.54) is 11.1 Å². The number of aromatic nitrogens is 2. The highest BCUT2D eigenvalue weighted by atomic mass is 15.1. The summed E-state index contributed by atoms with van der Waals surface area (Å²) in [5.41, 5.74) is 4.48. The molecule has 1 heterocycles. The summed E-state index contributed by atoms with van der Waals surface area (Å²) in [5.74, 6) is 0. The van der Waals surface area contributed by atoms with Gasteiger partial charge in [0.1, 0.15) is 0 Å². The van der Waals surface area contributed by atoms with Gasteiger partial charge in [-0.15, -0.1) is 0 Å². The number of hydrogen-bond acceptors (Lipinski definition) is 2. The normalized spacial score (nSPS) is 10.1. The molecule has 0 bridgehead atoms. The average molecular weight is 184 g/mol. The molecule has 70 valence electrons. The molecule has 0 radical (unpaired) electrons. The van der Waals surface area contributed by atoms with Crippen molar-refractivity contribution in [3.05, 3.63) is 47.7 Å². The van der Waals surface area contributed by atoms with Gasteiger partial charge in [0.25, 0.3) is 0 Å². The van der Waals surface area contributed by atoms with Crippen LogP contribution in [0.25, 0.3) is 11.3 Å². The SMILES string of the molecule is Cc1cnnc(-c2ccccc2)c1C. The summed E-state index contributed by atoms with van der Waals surface area (Å²) in [4.78, 5) is 0. The second kappa shape index (κ2) is 3.58. The van der Waals surface area contributed by atoms with Crippen molar-refractivity contribution in [2.24, 2.45) is 0 Å². The van der Waals surface area contributed by atoms with Gasteiger partial charge in [-0.3, -0.25) is 0 Å². The molecule has 2 rings (SSSR count). The average Bonchev–Trinajstić information content (AvgIpc) is 2.23. The van der Waals surface area contributed by atoms with Crippen LogP contribution in [-0.4, -0.2) is 10.2 Å². The van der Waals surface area contributed by atoms with E-state index in [0.29, 0.717) is 0 Å². The highest BCUT2D eigenvalue weighted by Crippen LogP contribution is 2.21. The lowest BCUT2D eigenvalue weighted by Crippen LogP contribution is -1.93. The van der Waals surface area contributed by atoms with E-state index in [0.717, 1.165) is 11.3 Å². The molecule has 2 aromatic rings. The van der Waals surface area contributed by atoms with Crippen LogP contribution in [0.3, 0.4) is 0 Å². The van der Waals surface area contributed by atoms with Crippen molar-refractivity contribution >= 4 is 0 Å². The Bertz CT molecular complexity index is 435. The van der Waals surface area contributed by atoms with Gasteiger partial charge in [-0.2, -0.15) is 10.2 Å². The fraction of sp³-hybridized carbons (Fsp3) is 0.167. The minimum atomic E-state index is 0.977. The Kier molecular flexibility index (Phi) is 2.27. The molecule has 2 heteroatoms. The molecule has 0 N–H and O–H groups in total. The van der Waals surface area contributed by atoms with Gasteiger partial charge in [0, 0.05) is 5.56 Å². The molecule has 0 aliphatic carbocycles. The summed E-state index contributed by atoms with van der Waals surface area (Å²) < 4.78 is 0. The molecular formula is C12H12N2. The molecule has 1 aromatic heterocycles. The van der Waals surface area contributed by atoms with E-state index in [2.05, 4.69) is 36.2 Å². The van der Waals surface area contributed by atoms with Crippen LogP contribution in [0.2, 0.25) is 0 Å². The van der Waals surface area contributed by atoms with Crippen molar-refractivity contribution in [1.82, 2.24) is 10.2 Å². The second-order valence-corrected chi connectivity index (χ2v) is 3.37. The van der Waals surface area contributed by atoms with Gasteiger partial charge in [0.15, 0.2) is 0 Å². The smallest absolute Gasteiger partial charge is 0.0961 e. The van der Waals surface area contributed by atoms with E-state index >= 15 is 0 Å². The fourth-order valence-electron chi connectivity index (χ4n) is 1.40. The lowest BCUT2D eigenvalue weighted by Gasteiger charge is -2.05. The molecule has 0 spiro atoms. The third kappa shape index (κ3) is 1.51. The molecular weight excluding hydrogens is 172 g/mol. The molecule has 0 aliphatic rings. The van der Waals surface area contributed by atoms with Crippen molar-refractivity contribution in [3.8, 4) is 11.3 Å². The van der Waals surface area contributed by atoms with Crippen LogP contribution < -0.4 is 0 Å². The zero-order valence-electron chi connectivity index (χ0n) is 8.36. The van der Waals surface area contributed by atoms with Crippen LogP contribution in [0, 0.1) is 13.8 Å². The maximum absolute atomic E-state index is 4.16. The number of benzene rings is 1. The molecule has 0 aliphatic heterocycles. The van der Waals surface area contributed by atoms with Crippen molar-refractivity contribution in [2.45, 2.75) is 13.8 Å². The largest absolute Gasteiger partial charge is 0.158 e. The zero-order valence-corrected chi connectivity index (χ0v) is 8.36. The van der Waals surface area contributed by atoms with Crippen LogP contribution in [0.15, 0.2) is 36.5 Å². The Morgan fingerprint density at radius 3 is 2.43 bits per heavy atom. The molecule has 0 amide bonds. The van der Waals surface area contributed by atoms with Crippen LogP contribution in [0.1, 0.15) is 11.1 Å². The Labute approximate surface area is 83.6 Å². The molecule has 0 fully saturated rings. The maximum Gasteiger partial charge on any atom is 0.0961 e. The lowest BCUT2D eigenvalue weighted by atomic mass is 10.0. The Balaban J connectivity index is 2.58. The monoisotopic (exact) mass is 184 g/mol. The molecule has 0 atom stereocenters. The highest BCUT2D eigenvalue weighted by molar-refractivity contribution is 5.63. The number of nitrogens with zero attached hydrogens (tertiary/aromatic N) is 2.